The van der Waals surface area contributed by atoms with E-state index in [2.05, 4.69) is 9.80 Å². The van der Waals surface area contributed by atoms with Crippen molar-refractivity contribution in [2.24, 2.45) is 0 Å². The number of hydrogen-bond donors (Lipinski definition) is 0. The molecule has 3 heterocycles. The van der Waals surface area contributed by atoms with Crippen LogP contribution in [0, 0.1) is 0 Å². The molecule has 0 bridgehead atoms. The number of amides is 1. The summed E-state index contributed by atoms with van der Waals surface area (Å²) in [4.78, 5) is 16.7. The van der Waals surface area contributed by atoms with Crippen LogP contribution in [0.3, 0.4) is 0 Å². The van der Waals surface area contributed by atoms with E-state index in [9.17, 15) is 4.79 Å². The van der Waals surface area contributed by atoms with Crippen molar-refractivity contribution in [3.8, 4) is 0 Å². The molecule has 3 saturated heterocycles. The molecule has 0 aromatic rings. The van der Waals surface area contributed by atoms with Crippen LogP contribution in [0.25, 0.3) is 0 Å². The van der Waals surface area contributed by atoms with Crippen LogP contribution < -0.4 is 0 Å². The van der Waals surface area contributed by atoms with Crippen LogP contribution in [-0.2, 0) is 4.79 Å². The van der Waals surface area contributed by atoms with Gasteiger partial charge in [0, 0.05) is 25.0 Å². The molecule has 3 aliphatic heterocycles. The van der Waals surface area contributed by atoms with Gasteiger partial charge in [-0.25, -0.2) is 0 Å². The molecule has 16 heavy (non-hydrogen) atoms. The highest BCUT2D eigenvalue weighted by Gasteiger charge is 2.35. The monoisotopic (exact) mass is 222 g/mol. The molecule has 90 valence electrons. The molecule has 0 saturated carbocycles. The SMILES string of the molecule is O=C1CCCC(N2CCC2)CC2CCCN12. The van der Waals surface area contributed by atoms with Crippen molar-refractivity contribution in [1.82, 2.24) is 9.80 Å². The van der Waals surface area contributed by atoms with E-state index in [0.29, 0.717) is 11.9 Å². The highest BCUT2D eigenvalue weighted by molar-refractivity contribution is 5.76. The average Bonchev–Trinajstić information content (AvgIpc) is 2.60. The summed E-state index contributed by atoms with van der Waals surface area (Å²) in [7, 11) is 0. The van der Waals surface area contributed by atoms with E-state index in [1.807, 2.05) is 0 Å². The third kappa shape index (κ3) is 1.86. The summed E-state index contributed by atoms with van der Waals surface area (Å²) >= 11 is 0. The Labute approximate surface area is 97.8 Å². The predicted octanol–water partition coefficient (Wildman–Crippen LogP) is 1.63. The zero-order valence-electron chi connectivity index (χ0n) is 10.0. The quantitative estimate of drug-likeness (QED) is 0.673. The fourth-order valence-electron chi connectivity index (χ4n) is 3.51. The first-order valence-electron chi connectivity index (χ1n) is 6.88. The summed E-state index contributed by atoms with van der Waals surface area (Å²) in [6.07, 6.45) is 8.23. The van der Waals surface area contributed by atoms with E-state index in [1.54, 1.807) is 0 Å². The molecule has 0 aliphatic carbocycles. The molecule has 0 radical (unpaired) electrons. The van der Waals surface area contributed by atoms with E-state index in [0.717, 1.165) is 25.4 Å². The van der Waals surface area contributed by atoms with Gasteiger partial charge >= 0.3 is 0 Å². The lowest BCUT2D eigenvalue weighted by molar-refractivity contribution is -0.133. The highest BCUT2D eigenvalue weighted by atomic mass is 16.2. The summed E-state index contributed by atoms with van der Waals surface area (Å²) < 4.78 is 0. The Hall–Kier alpha value is -0.570. The zero-order chi connectivity index (χ0) is 11.0. The molecule has 3 rings (SSSR count). The van der Waals surface area contributed by atoms with Crippen molar-refractivity contribution in [2.45, 2.75) is 57.0 Å². The summed E-state index contributed by atoms with van der Waals surface area (Å²) in [5, 5.41) is 0. The first kappa shape index (κ1) is 10.6. The van der Waals surface area contributed by atoms with Gasteiger partial charge in [-0.2, -0.15) is 0 Å². The molecule has 3 fully saturated rings. The molecule has 3 nitrogen and oxygen atoms in total. The third-order valence-electron chi connectivity index (χ3n) is 4.58. The summed E-state index contributed by atoms with van der Waals surface area (Å²) in [5.41, 5.74) is 0. The largest absolute Gasteiger partial charge is 0.340 e. The maximum Gasteiger partial charge on any atom is 0.222 e. The Kier molecular flexibility index (Phi) is 2.88. The van der Waals surface area contributed by atoms with Crippen LogP contribution in [0.5, 0.6) is 0 Å². The Morgan fingerprint density at radius 2 is 1.75 bits per heavy atom. The number of carbonyl (C=O) groups excluding carboxylic acids is 1. The summed E-state index contributed by atoms with van der Waals surface area (Å²) in [6, 6.07) is 1.34. The van der Waals surface area contributed by atoms with Crippen molar-refractivity contribution in [2.75, 3.05) is 19.6 Å². The Balaban J connectivity index is 1.68. The van der Waals surface area contributed by atoms with E-state index in [-0.39, 0.29) is 0 Å². The average molecular weight is 222 g/mol. The van der Waals surface area contributed by atoms with Gasteiger partial charge < -0.3 is 9.80 Å². The highest BCUT2D eigenvalue weighted by Crippen LogP contribution is 2.30. The maximum absolute atomic E-state index is 11.9. The molecule has 0 N–H and O–H groups in total. The molecular weight excluding hydrogens is 200 g/mol. The number of rotatable bonds is 1. The molecular formula is C13H22N2O. The van der Waals surface area contributed by atoms with Gasteiger partial charge in [0.15, 0.2) is 0 Å². The number of likely N-dealkylation sites (tertiary alicyclic amines) is 1. The molecule has 2 unspecified atom stereocenters. The maximum atomic E-state index is 11.9. The van der Waals surface area contributed by atoms with Gasteiger partial charge in [-0.3, -0.25) is 4.79 Å². The third-order valence-corrected chi connectivity index (χ3v) is 4.58. The fourth-order valence-corrected chi connectivity index (χ4v) is 3.51. The van der Waals surface area contributed by atoms with Crippen LogP contribution in [0.1, 0.15) is 44.9 Å². The molecule has 0 spiro atoms. The number of nitrogens with zero attached hydrogens (tertiary/aromatic N) is 2. The van der Waals surface area contributed by atoms with Crippen molar-refractivity contribution in [1.29, 1.82) is 0 Å². The second-order valence-electron chi connectivity index (χ2n) is 5.55. The lowest BCUT2D eigenvalue weighted by Crippen LogP contribution is -2.49. The van der Waals surface area contributed by atoms with Crippen molar-refractivity contribution in [3.05, 3.63) is 0 Å². The van der Waals surface area contributed by atoms with Crippen LogP contribution in [0.2, 0.25) is 0 Å². The van der Waals surface area contributed by atoms with Crippen LogP contribution >= 0.6 is 0 Å². The van der Waals surface area contributed by atoms with Gasteiger partial charge in [0.1, 0.15) is 0 Å². The predicted molar refractivity (Wildman–Crippen MR) is 63.2 cm³/mol. The lowest BCUT2D eigenvalue weighted by atomic mass is 9.94. The topological polar surface area (TPSA) is 23.6 Å². The standard InChI is InChI=1S/C13H22N2O/c16-13-6-1-4-11(14-7-3-8-14)10-12-5-2-9-15(12)13/h11-12H,1-10H2. The van der Waals surface area contributed by atoms with E-state index in [4.69, 9.17) is 0 Å². The van der Waals surface area contributed by atoms with Crippen LogP contribution in [0.4, 0.5) is 0 Å². The van der Waals surface area contributed by atoms with Gasteiger partial charge in [-0.05, 0) is 51.6 Å². The Morgan fingerprint density at radius 3 is 2.50 bits per heavy atom. The van der Waals surface area contributed by atoms with Crippen molar-refractivity contribution >= 4 is 5.91 Å². The number of fused-ring (bicyclic) bond motifs is 1. The fraction of sp³-hybridized carbons (Fsp3) is 0.923. The first-order chi connectivity index (χ1) is 7.84. The molecule has 1 amide bonds. The molecule has 3 heteroatoms. The van der Waals surface area contributed by atoms with E-state index < -0.39 is 0 Å². The summed E-state index contributed by atoms with van der Waals surface area (Å²) in [5.74, 6) is 0.421. The van der Waals surface area contributed by atoms with Gasteiger partial charge in [0.2, 0.25) is 5.91 Å². The van der Waals surface area contributed by atoms with Gasteiger partial charge in [0.05, 0.1) is 0 Å². The molecule has 0 aromatic carbocycles. The Morgan fingerprint density at radius 1 is 0.938 bits per heavy atom. The minimum atomic E-state index is 0.421. The molecule has 3 aliphatic rings. The number of hydrogen-bond acceptors (Lipinski definition) is 2. The smallest absolute Gasteiger partial charge is 0.222 e. The Bertz CT molecular complexity index is 275. The van der Waals surface area contributed by atoms with Crippen LogP contribution in [-0.4, -0.2) is 47.4 Å². The molecule has 0 aromatic heterocycles. The normalized spacial score (nSPS) is 36.5. The molecule has 2 atom stereocenters. The lowest BCUT2D eigenvalue weighted by Gasteiger charge is -2.42. The van der Waals surface area contributed by atoms with Gasteiger partial charge in [0.25, 0.3) is 0 Å². The minimum absolute atomic E-state index is 0.421. The first-order valence-corrected chi connectivity index (χ1v) is 6.88. The zero-order valence-corrected chi connectivity index (χ0v) is 10.0. The second kappa shape index (κ2) is 4.36. The minimum Gasteiger partial charge on any atom is -0.340 e. The van der Waals surface area contributed by atoms with Gasteiger partial charge in [-0.15, -0.1) is 0 Å². The van der Waals surface area contributed by atoms with Crippen molar-refractivity contribution in [3.63, 3.8) is 0 Å². The van der Waals surface area contributed by atoms with E-state index in [1.165, 1.54) is 45.2 Å². The van der Waals surface area contributed by atoms with Gasteiger partial charge in [-0.1, -0.05) is 0 Å². The van der Waals surface area contributed by atoms with Crippen LogP contribution in [0.15, 0.2) is 0 Å². The summed E-state index contributed by atoms with van der Waals surface area (Å²) in [6.45, 7) is 3.62. The van der Waals surface area contributed by atoms with Crippen molar-refractivity contribution < 1.29 is 4.79 Å². The van der Waals surface area contributed by atoms with E-state index >= 15 is 0 Å². The second-order valence-corrected chi connectivity index (χ2v) is 5.55. The number of carbonyl (C=O) groups is 1.